The molecule has 0 saturated heterocycles. The van der Waals surface area contributed by atoms with Crippen molar-refractivity contribution >= 4 is 11.4 Å². The first kappa shape index (κ1) is 9.58. The van der Waals surface area contributed by atoms with E-state index in [1.165, 1.54) is 0 Å². The Labute approximate surface area is 88.3 Å². The van der Waals surface area contributed by atoms with Crippen LogP contribution in [0, 0.1) is 0 Å². The lowest BCUT2D eigenvalue weighted by molar-refractivity contribution is 0.564. The summed E-state index contributed by atoms with van der Waals surface area (Å²) in [5.41, 5.74) is 3.10. The molecule has 0 amide bonds. The van der Waals surface area contributed by atoms with Crippen LogP contribution in [0.25, 0.3) is 0 Å². The summed E-state index contributed by atoms with van der Waals surface area (Å²) in [6.45, 7) is 0.741. The Hall–Kier alpha value is -1.97. The highest BCUT2D eigenvalue weighted by Gasteiger charge is 1.96. The van der Waals surface area contributed by atoms with Gasteiger partial charge in [-0.3, -0.25) is 4.98 Å². The predicted octanol–water partition coefficient (Wildman–Crippen LogP) is 2.33. The number of aromatic nitrogens is 1. The highest BCUT2D eigenvalue weighted by molar-refractivity contribution is 5.53. The van der Waals surface area contributed by atoms with Gasteiger partial charge >= 0.3 is 0 Å². The summed E-state index contributed by atoms with van der Waals surface area (Å²) in [6, 6.07) is 3.94. The van der Waals surface area contributed by atoms with Crippen LogP contribution in [-0.4, -0.2) is 12.0 Å². The minimum absolute atomic E-state index is 0.741. The van der Waals surface area contributed by atoms with Gasteiger partial charge < -0.3 is 15.1 Å². The van der Waals surface area contributed by atoms with E-state index < -0.39 is 0 Å². The summed E-state index contributed by atoms with van der Waals surface area (Å²) < 4.78 is 4.98. The van der Waals surface area contributed by atoms with Crippen molar-refractivity contribution in [3.8, 4) is 0 Å². The van der Waals surface area contributed by atoms with Crippen molar-refractivity contribution in [2.75, 3.05) is 17.7 Å². The molecule has 0 spiro atoms. The SMILES string of the molecule is CNc1cncc(NCc2ccoc2)c1. The van der Waals surface area contributed by atoms with Gasteiger partial charge in [0.15, 0.2) is 0 Å². The fourth-order valence-electron chi connectivity index (χ4n) is 1.27. The van der Waals surface area contributed by atoms with E-state index in [1.54, 1.807) is 24.9 Å². The third kappa shape index (κ3) is 2.49. The largest absolute Gasteiger partial charge is 0.472 e. The van der Waals surface area contributed by atoms with Crippen LogP contribution in [0.3, 0.4) is 0 Å². The molecule has 0 bridgehead atoms. The quantitative estimate of drug-likeness (QED) is 0.800. The van der Waals surface area contributed by atoms with Crippen molar-refractivity contribution in [1.29, 1.82) is 0 Å². The third-order valence-electron chi connectivity index (χ3n) is 2.10. The number of pyridine rings is 1. The van der Waals surface area contributed by atoms with Crippen LogP contribution in [0.5, 0.6) is 0 Å². The van der Waals surface area contributed by atoms with E-state index in [1.807, 2.05) is 19.2 Å². The first-order chi connectivity index (χ1) is 7.38. The van der Waals surface area contributed by atoms with E-state index in [9.17, 15) is 0 Å². The van der Waals surface area contributed by atoms with Gasteiger partial charge in [-0.05, 0) is 12.1 Å². The summed E-state index contributed by atoms with van der Waals surface area (Å²) >= 11 is 0. The van der Waals surface area contributed by atoms with Crippen LogP contribution in [0.4, 0.5) is 11.4 Å². The Morgan fingerprint density at radius 2 is 2.20 bits per heavy atom. The fraction of sp³-hybridized carbons (Fsp3) is 0.182. The van der Waals surface area contributed by atoms with Crippen LogP contribution >= 0.6 is 0 Å². The van der Waals surface area contributed by atoms with Crippen LogP contribution in [0.15, 0.2) is 41.5 Å². The zero-order chi connectivity index (χ0) is 10.5. The van der Waals surface area contributed by atoms with E-state index in [2.05, 4.69) is 15.6 Å². The average Bonchev–Trinajstić information content (AvgIpc) is 2.79. The van der Waals surface area contributed by atoms with Gasteiger partial charge in [-0.2, -0.15) is 0 Å². The van der Waals surface area contributed by atoms with Crippen LogP contribution in [0.2, 0.25) is 0 Å². The lowest BCUT2D eigenvalue weighted by Gasteiger charge is -2.06. The summed E-state index contributed by atoms with van der Waals surface area (Å²) in [5.74, 6) is 0. The van der Waals surface area contributed by atoms with E-state index in [4.69, 9.17) is 4.42 Å². The molecule has 4 nitrogen and oxygen atoms in total. The molecule has 0 aliphatic carbocycles. The minimum Gasteiger partial charge on any atom is -0.472 e. The lowest BCUT2D eigenvalue weighted by Crippen LogP contribution is -1.99. The second kappa shape index (κ2) is 4.50. The van der Waals surface area contributed by atoms with E-state index in [-0.39, 0.29) is 0 Å². The van der Waals surface area contributed by atoms with Crippen LogP contribution in [-0.2, 0) is 6.54 Å². The van der Waals surface area contributed by atoms with Gasteiger partial charge in [0.1, 0.15) is 0 Å². The number of hydrogen-bond donors (Lipinski definition) is 2. The molecule has 78 valence electrons. The molecule has 2 aromatic heterocycles. The Kier molecular flexibility index (Phi) is 2.88. The van der Waals surface area contributed by atoms with Crippen LogP contribution in [0.1, 0.15) is 5.56 Å². The molecule has 0 aliphatic heterocycles. The Bertz CT molecular complexity index is 412. The molecule has 0 saturated carbocycles. The fourth-order valence-corrected chi connectivity index (χ4v) is 1.27. The standard InChI is InChI=1S/C11H13N3O/c1-12-10-4-11(7-13-6-10)14-5-9-2-3-15-8-9/h2-4,6-8,12,14H,5H2,1H3. The van der Waals surface area contributed by atoms with Gasteiger partial charge in [-0.1, -0.05) is 0 Å². The van der Waals surface area contributed by atoms with E-state index >= 15 is 0 Å². The number of hydrogen-bond acceptors (Lipinski definition) is 4. The van der Waals surface area contributed by atoms with Gasteiger partial charge in [-0.15, -0.1) is 0 Å². The third-order valence-corrected chi connectivity index (χ3v) is 2.10. The maximum atomic E-state index is 4.98. The zero-order valence-electron chi connectivity index (χ0n) is 8.53. The number of anilines is 2. The van der Waals surface area contributed by atoms with Gasteiger partial charge in [-0.25, -0.2) is 0 Å². The normalized spacial score (nSPS) is 9.93. The topological polar surface area (TPSA) is 50.1 Å². The molecular weight excluding hydrogens is 190 g/mol. The molecular formula is C11H13N3O. The average molecular weight is 203 g/mol. The number of furan rings is 1. The molecule has 0 fully saturated rings. The van der Waals surface area contributed by atoms with Gasteiger partial charge in [0.2, 0.25) is 0 Å². The lowest BCUT2D eigenvalue weighted by atomic mass is 10.3. The molecule has 0 aromatic carbocycles. The van der Waals surface area contributed by atoms with Crippen LogP contribution < -0.4 is 10.6 Å². The summed E-state index contributed by atoms with van der Waals surface area (Å²) in [6.07, 6.45) is 6.96. The minimum atomic E-state index is 0.741. The van der Waals surface area contributed by atoms with Gasteiger partial charge in [0.05, 0.1) is 36.3 Å². The number of rotatable bonds is 4. The molecule has 4 heteroatoms. The molecule has 15 heavy (non-hydrogen) atoms. The summed E-state index contributed by atoms with van der Waals surface area (Å²) in [7, 11) is 1.87. The van der Waals surface area contributed by atoms with Crippen molar-refractivity contribution in [1.82, 2.24) is 4.98 Å². The molecule has 2 N–H and O–H groups in total. The van der Waals surface area contributed by atoms with Crippen molar-refractivity contribution in [3.05, 3.63) is 42.6 Å². The number of nitrogens with zero attached hydrogens (tertiary/aromatic N) is 1. The first-order valence-corrected chi connectivity index (χ1v) is 4.76. The molecule has 0 radical (unpaired) electrons. The maximum absolute atomic E-state index is 4.98. The molecule has 0 unspecified atom stereocenters. The maximum Gasteiger partial charge on any atom is 0.0952 e. The van der Waals surface area contributed by atoms with Crippen molar-refractivity contribution in [2.45, 2.75) is 6.54 Å². The Balaban J connectivity index is 1.98. The highest BCUT2D eigenvalue weighted by Crippen LogP contribution is 2.13. The smallest absolute Gasteiger partial charge is 0.0952 e. The molecule has 2 heterocycles. The molecule has 2 aromatic rings. The van der Waals surface area contributed by atoms with Crippen molar-refractivity contribution in [2.24, 2.45) is 0 Å². The van der Waals surface area contributed by atoms with Crippen molar-refractivity contribution < 1.29 is 4.42 Å². The molecule has 2 rings (SSSR count). The summed E-state index contributed by atoms with van der Waals surface area (Å²) in [4.78, 5) is 4.11. The van der Waals surface area contributed by atoms with E-state index in [0.29, 0.717) is 0 Å². The Morgan fingerprint density at radius 3 is 2.93 bits per heavy atom. The van der Waals surface area contributed by atoms with Gasteiger partial charge in [0, 0.05) is 19.2 Å². The second-order valence-corrected chi connectivity index (χ2v) is 3.20. The van der Waals surface area contributed by atoms with Gasteiger partial charge in [0.25, 0.3) is 0 Å². The predicted molar refractivity (Wildman–Crippen MR) is 59.8 cm³/mol. The first-order valence-electron chi connectivity index (χ1n) is 4.76. The zero-order valence-corrected chi connectivity index (χ0v) is 8.53. The number of nitrogens with one attached hydrogen (secondary N) is 2. The Morgan fingerprint density at radius 1 is 1.33 bits per heavy atom. The monoisotopic (exact) mass is 203 g/mol. The molecule has 0 atom stereocenters. The summed E-state index contributed by atoms with van der Waals surface area (Å²) in [5, 5.41) is 6.30. The van der Waals surface area contributed by atoms with Crippen molar-refractivity contribution in [3.63, 3.8) is 0 Å². The van der Waals surface area contributed by atoms with E-state index in [0.717, 1.165) is 23.5 Å². The molecule has 0 aliphatic rings. The second-order valence-electron chi connectivity index (χ2n) is 3.20. The highest BCUT2D eigenvalue weighted by atomic mass is 16.3.